The summed E-state index contributed by atoms with van der Waals surface area (Å²) in [6.45, 7) is -0.0475. The van der Waals surface area contributed by atoms with Crippen molar-refractivity contribution in [2.45, 2.75) is 12.7 Å². The number of halogens is 4. The molecule has 0 atom stereocenters. The summed E-state index contributed by atoms with van der Waals surface area (Å²) in [5.74, 6) is -0.932. The zero-order valence-electron chi connectivity index (χ0n) is 10.1. The van der Waals surface area contributed by atoms with E-state index in [0.29, 0.717) is 11.8 Å². The molecule has 0 fully saturated rings. The van der Waals surface area contributed by atoms with Crippen LogP contribution in [0, 0.1) is 11.2 Å². The molecule has 0 bridgehead atoms. The second-order valence-corrected chi connectivity index (χ2v) is 4.19. The van der Waals surface area contributed by atoms with Gasteiger partial charge < -0.3 is 5.73 Å². The van der Waals surface area contributed by atoms with Gasteiger partial charge in [-0.15, -0.1) is 0 Å². The summed E-state index contributed by atoms with van der Waals surface area (Å²) >= 11 is 0. The highest BCUT2D eigenvalue weighted by Crippen LogP contribution is 2.28. The maximum atomic E-state index is 13.3. The molecule has 0 aliphatic rings. The normalized spacial score (nSPS) is 11.6. The SMILES string of the molecule is N=C(N)c1cc(F)cc(Cn2cc(C(F)(F)F)cn2)c1. The Hall–Kier alpha value is -2.38. The summed E-state index contributed by atoms with van der Waals surface area (Å²) in [7, 11) is 0. The molecule has 106 valence electrons. The molecule has 4 nitrogen and oxygen atoms in total. The number of alkyl halides is 3. The summed E-state index contributed by atoms with van der Waals surface area (Å²) in [6, 6.07) is 3.66. The molecule has 0 amide bonds. The van der Waals surface area contributed by atoms with Crippen LogP contribution in [0.3, 0.4) is 0 Å². The molecule has 2 aromatic rings. The van der Waals surface area contributed by atoms with Gasteiger partial charge in [0.25, 0.3) is 0 Å². The zero-order valence-corrected chi connectivity index (χ0v) is 10.1. The van der Waals surface area contributed by atoms with E-state index in [1.165, 1.54) is 6.07 Å². The number of benzene rings is 1. The van der Waals surface area contributed by atoms with E-state index >= 15 is 0 Å². The number of nitrogens with two attached hydrogens (primary N) is 1. The van der Waals surface area contributed by atoms with Crippen molar-refractivity contribution in [3.8, 4) is 0 Å². The number of nitrogens with zero attached hydrogens (tertiary/aromatic N) is 2. The fourth-order valence-corrected chi connectivity index (χ4v) is 1.68. The lowest BCUT2D eigenvalue weighted by atomic mass is 10.1. The minimum Gasteiger partial charge on any atom is -0.384 e. The molecule has 0 aliphatic heterocycles. The highest BCUT2D eigenvalue weighted by atomic mass is 19.4. The number of nitrogen functional groups attached to an aromatic ring is 1. The Kier molecular flexibility index (Phi) is 3.47. The van der Waals surface area contributed by atoms with Gasteiger partial charge in [0.05, 0.1) is 18.3 Å². The first-order chi connectivity index (χ1) is 9.25. The first-order valence-corrected chi connectivity index (χ1v) is 5.49. The summed E-state index contributed by atoms with van der Waals surface area (Å²) in [4.78, 5) is 0. The largest absolute Gasteiger partial charge is 0.419 e. The summed E-state index contributed by atoms with van der Waals surface area (Å²) in [5, 5.41) is 10.8. The van der Waals surface area contributed by atoms with Gasteiger partial charge in [0, 0.05) is 11.8 Å². The molecule has 0 aliphatic carbocycles. The molecule has 0 unspecified atom stereocenters. The Labute approximate surface area is 111 Å². The predicted octanol–water partition coefficient (Wildman–Crippen LogP) is 2.37. The third-order valence-electron chi connectivity index (χ3n) is 2.57. The van der Waals surface area contributed by atoms with Crippen LogP contribution in [0.4, 0.5) is 17.6 Å². The first-order valence-electron chi connectivity index (χ1n) is 5.49. The average molecular weight is 286 g/mol. The standard InChI is InChI=1S/C12H10F4N4/c13-10-2-7(1-8(3-10)11(17)18)5-20-6-9(4-19-20)12(14,15)16/h1-4,6H,5H2,(H3,17,18). The molecule has 0 saturated heterocycles. The minimum atomic E-state index is -4.47. The van der Waals surface area contributed by atoms with E-state index in [0.717, 1.165) is 23.0 Å². The van der Waals surface area contributed by atoms with Crippen molar-refractivity contribution >= 4 is 5.84 Å². The zero-order chi connectivity index (χ0) is 14.9. The van der Waals surface area contributed by atoms with Gasteiger partial charge in [-0.2, -0.15) is 18.3 Å². The Balaban J connectivity index is 2.26. The van der Waals surface area contributed by atoms with Crippen LogP contribution in [0.15, 0.2) is 30.6 Å². The predicted molar refractivity (Wildman–Crippen MR) is 63.7 cm³/mol. The van der Waals surface area contributed by atoms with Crippen molar-refractivity contribution in [1.82, 2.24) is 9.78 Å². The van der Waals surface area contributed by atoms with Crippen molar-refractivity contribution in [2.24, 2.45) is 5.73 Å². The second-order valence-electron chi connectivity index (χ2n) is 4.19. The molecular formula is C12H10F4N4. The lowest BCUT2D eigenvalue weighted by Gasteiger charge is -2.06. The van der Waals surface area contributed by atoms with Gasteiger partial charge in [-0.25, -0.2) is 4.39 Å². The van der Waals surface area contributed by atoms with Crippen molar-refractivity contribution < 1.29 is 17.6 Å². The Morgan fingerprint density at radius 1 is 1.30 bits per heavy atom. The Morgan fingerprint density at radius 3 is 2.55 bits per heavy atom. The number of amidine groups is 1. The molecule has 1 aromatic heterocycles. The van der Waals surface area contributed by atoms with E-state index in [9.17, 15) is 17.6 Å². The number of hydrogen-bond donors (Lipinski definition) is 2. The molecule has 20 heavy (non-hydrogen) atoms. The van der Waals surface area contributed by atoms with E-state index in [4.69, 9.17) is 11.1 Å². The molecule has 0 radical (unpaired) electrons. The molecular weight excluding hydrogens is 276 g/mol. The molecule has 1 heterocycles. The number of nitrogens with one attached hydrogen (secondary N) is 1. The van der Waals surface area contributed by atoms with Gasteiger partial charge in [-0.3, -0.25) is 10.1 Å². The van der Waals surface area contributed by atoms with Crippen LogP contribution in [0.25, 0.3) is 0 Å². The maximum absolute atomic E-state index is 13.3. The van der Waals surface area contributed by atoms with Crippen LogP contribution in [0.5, 0.6) is 0 Å². The quantitative estimate of drug-likeness (QED) is 0.517. The van der Waals surface area contributed by atoms with Crippen molar-refractivity contribution in [2.75, 3.05) is 0 Å². The highest BCUT2D eigenvalue weighted by molar-refractivity contribution is 5.95. The van der Waals surface area contributed by atoms with E-state index < -0.39 is 17.6 Å². The Morgan fingerprint density at radius 2 is 2.00 bits per heavy atom. The second kappa shape index (κ2) is 4.95. The molecule has 2 rings (SSSR count). The van der Waals surface area contributed by atoms with Crippen LogP contribution < -0.4 is 5.73 Å². The van der Waals surface area contributed by atoms with Crippen LogP contribution in [0.1, 0.15) is 16.7 Å². The van der Waals surface area contributed by atoms with Crippen LogP contribution >= 0.6 is 0 Å². The van der Waals surface area contributed by atoms with Crippen molar-refractivity contribution in [3.05, 3.63) is 53.1 Å². The fraction of sp³-hybridized carbons (Fsp3) is 0.167. The summed E-state index contributed by atoms with van der Waals surface area (Å²) in [6.07, 6.45) is -2.94. The number of rotatable bonds is 3. The monoisotopic (exact) mass is 286 g/mol. The first kappa shape index (κ1) is 14.0. The molecule has 8 heteroatoms. The third kappa shape index (κ3) is 3.14. The van der Waals surface area contributed by atoms with Gasteiger partial charge in [-0.05, 0) is 23.8 Å². The van der Waals surface area contributed by atoms with Crippen molar-refractivity contribution in [1.29, 1.82) is 5.41 Å². The number of aromatic nitrogens is 2. The third-order valence-corrected chi connectivity index (χ3v) is 2.57. The summed E-state index contributed by atoms with van der Waals surface area (Å²) < 4.78 is 51.6. The molecule has 1 aromatic carbocycles. The number of hydrogen-bond acceptors (Lipinski definition) is 2. The van der Waals surface area contributed by atoms with Gasteiger partial charge in [0.2, 0.25) is 0 Å². The lowest BCUT2D eigenvalue weighted by Crippen LogP contribution is -2.12. The average Bonchev–Trinajstić information content (AvgIpc) is 2.76. The van der Waals surface area contributed by atoms with Gasteiger partial charge in [-0.1, -0.05) is 0 Å². The van der Waals surface area contributed by atoms with Crippen molar-refractivity contribution in [3.63, 3.8) is 0 Å². The topological polar surface area (TPSA) is 67.7 Å². The molecule has 0 saturated carbocycles. The minimum absolute atomic E-state index is 0.0475. The highest BCUT2D eigenvalue weighted by Gasteiger charge is 2.32. The lowest BCUT2D eigenvalue weighted by molar-refractivity contribution is -0.137. The Bertz CT molecular complexity index is 645. The van der Waals surface area contributed by atoms with Crippen LogP contribution in [-0.2, 0) is 12.7 Å². The van der Waals surface area contributed by atoms with Crippen LogP contribution in [-0.4, -0.2) is 15.6 Å². The summed E-state index contributed by atoms with van der Waals surface area (Å²) in [5.41, 5.74) is 4.91. The fourth-order valence-electron chi connectivity index (χ4n) is 1.68. The van der Waals surface area contributed by atoms with Crippen LogP contribution in [0.2, 0.25) is 0 Å². The van der Waals surface area contributed by atoms with E-state index in [1.54, 1.807) is 0 Å². The van der Waals surface area contributed by atoms with Gasteiger partial charge in [0.1, 0.15) is 11.7 Å². The maximum Gasteiger partial charge on any atom is 0.419 e. The molecule has 3 N–H and O–H groups in total. The van der Waals surface area contributed by atoms with Gasteiger partial charge >= 0.3 is 6.18 Å². The van der Waals surface area contributed by atoms with E-state index in [2.05, 4.69) is 5.10 Å². The van der Waals surface area contributed by atoms with Gasteiger partial charge in [0.15, 0.2) is 0 Å². The molecule has 0 spiro atoms. The smallest absolute Gasteiger partial charge is 0.384 e. The van der Waals surface area contributed by atoms with E-state index in [-0.39, 0.29) is 17.9 Å². The van der Waals surface area contributed by atoms with E-state index in [1.807, 2.05) is 0 Å².